The Morgan fingerprint density at radius 3 is 2.71 bits per heavy atom. The molecule has 0 aliphatic carbocycles. The molecule has 0 aromatic heterocycles. The summed E-state index contributed by atoms with van der Waals surface area (Å²) in [5.74, 6) is -0.0714. The highest BCUT2D eigenvalue weighted by molar-refractivity contribution is 6.35. The lowest BCUT2D eigenvalue weighted by Crippen LogP contribution is -2.49. The van der Waals surface area contributed by atoms with Crippen molar-refractivity contribution in [3.8, 4) is 0 Å². The van der Waals surface area contributed by atoms with E-state index in [-0.39, 0.29) is 18.2 Å². The van der Waals surface area contributed by atoms with Gasteiger partial charge in [0.15, 0.2) is 0 Å². The summed E-state index contributed by atoms with van der Waals surface area (Å²) in [5.41, 5.74) is 0.494. The summed E-state index contributed by atoms with van der Waals surface area (Å²) in [6, 6.07) is 4.91. The van der Waals surface area contributed by atoms with Gasteiger partial charge in [-0.2, -0.15) is 0 Å². The second-order valence-electron chi connectivity index (χ2n) is 5.79. The predicted octanol–water partition coefficient (Wildman–Crippen LogP) is 1.69. The average molecular weight is 373 g/mol. The summed E-state index contributed by atoms with van der Waals surface area (Å²) in [6.07, 6.45) is 0.272. The molecule has 2 rings (SSSR count). The van der Waals surface area contributed by atoms with Crippen LogP contribution in [0.3, 0.4) is 0 Å². The van der Waals surface area contributed by atoms with Crippen LogP contribution in [0.2, 0.25) is 10.0 Å². The van der Waals surface area contributed by atoms with Crippen molar-refractivity contribution in [1.82, 2.24) is 15.1 Å². The van der Waals surface area contributed by atoms with E-state index < -0.39 is 0 Å². The van der Waals surface area contributed by atoms with Crippen LogP contribution in [0.25, 0.3) is 0 Å². The molecule has 1 aliphatic rings. The van der Waals surface area contributed by atoms with Gasteiger partial charge in [0.1, 0.15) is 0 Å². The number of amides is 2. The van der Waals surface area contributed by atoms with Crippen LogP contribution in [0.5, 0.6) is 0 Å². The van der Waals surface area contributed by atoms with Crippen molar-refractivity contribution in [3.05, 3.63) is 28.2 Å². The van der Waals surface area contributed by atoms with Gasteiger partial charge in [-0.3, -0.25) is 14.5 Å². The molecule has 8 heteroatoms. The lowest BCUT2D eigenvalue weighted by atomic mass is 10.3. The number of rotatable bonds is 6. The molecule has 0 unspecified atom stereocenters. The van der Waals surface area contributed by atoms with Gasteiger partial charge in [-0.1, -0.05) is 23.2 Å². The van der Waals surface area contributed by atoms with Crippen LogP contribution in [0.4, 0.5) is 5.69 Å². The van der Waals surface area contributed by atoms with Crippen molar-refractivity contribution in [1.29, 1.82) is 0 Å². The second-order valence-corrected chi connectivity index (χ2v) is 6.63. The summed E-state index contributed by atoms with van der Waals surface area (Å²) in [4.78, 5) is 27.9. The van der Waals surface area contributed by atoms with Gasteiger partial charge in [0.2, 0.25) is 11.8 Å². The zero-order valence-corrected chi connectivity index (χ0v) is 15.2. The molecule has 1 aromatic rings. The number of anilines is 1. The second kappa shape index (κ2) is 9.22. The molecule has 2 N–H and O–H groups in total. The summed E-state index contributed by atoms with van der Waals surface area (Å²) in [6.45, 7) is 3.93. The highest BCUT2D eigenvalue weighted by Gasteiger charge is 2.18. The Morgan fingerprint density at radius 1 is 1.29 bits per heavy atom. The minimum Gasteiger partial charge on any atom is -0.339 e. The number of nitrogens with one attached hydrogen (secondary N) is 2. The largest absolute Gasteiger partial charge is 0.339 e. The standard InChI is InChI=1S/C16H22Cl2N4O2/c1-21(11-16(24)22-8-5-19-6-9-22)7-4-15(23)20-14-10-12(17)2-3-13(14)18/h2-3,10,19H,4-9,11H2,1H3,(H,20,23). The summed E-state index contributed by atoms with van der Waals surface area (Å²) in [5, 5.41) is 6.90. The maximum atomic E-state index is 12.2. The van der Waals surface area contributed by atoms with Gasteiger partial charge < -0.3 is 15.5 Å². The van der Waals surface area contributed by atoms with E-state index in [0.717, 1.165) is 26.2 Å². The fraction of sp³-hybridized carbons (Fsp3) is 0.500. The van der Waals surface area contributed by atoms with Crippen LogP contribution in [0.1, 0.15) is 6.42 Å². The quantitative estimate of drug-likeness (QED) is 0.797. The van der Waals surface area contributed by atoms with E-state index in [1.165, 1.54) is 0 Å². The van der Waals surface area contributed by atoms with E-state index in [9.17, 15) is 9.59 Å². The van der Waals surface area contributed by atoms with Gasteiger partial charge in [0, 0.05) is 44.2 Å². The van der Waals surface area contributed by atoms with Gasteiger partial charge in [-0.05, 0) is 25.2 Å². The first-order valence-corrected chi connectivity index (χ1v) is 8.63. The highest BCUT2D eigenvalue weighted by Crippen LogP contribution is 2.25. The average Bonchev–Trinajstić information content (AvgIpc) is 2.57. The number of piperazine rings is 1. The van der Waals surface area contributed by atoms with Crippen LogP contribution in [-0.2, 0) is 9.59 Å². The zero-order chi connectivity index (χ0) is 17.5. The Balaban J connectivity index is 1.74. The molecular formula is C16H22Cl2N4O2. The molecular weight excluding hydrogens is 351 g/mol. The number of halogens is 2. The maximum Gasteiger partial charge on any atom is 0.236 e. The Morgan fingerprint density at radius 2 is 2.00 bits per heavy atom. The minimum atomic E-state index is -0.166. The van der Waals surface area contributed by atoms with E-state index in [1.807, 2.05) is 16.8 Å². The molecule has 6 nitrogen and oxygen atoms in total. The topological polar surface area (TPSA) is 64.7 Å². The molecule has 132 valence electrons. The SMILES string of the molecule is CN(CCC(=O)Nc1cc(Cl)ccc1Cl)CC(=O)N1CCNCC1. The van der Waals surface area contributed by atoms with Gasteiger partial charge in [0.05, 0.1) is 17.3 Å². The minimum absolute atomic E-state index is 0.0947. The third-order valence-electron chi connectivity index (χ3n) is 3.80. The van der Waals surface area contributed by atoms with Crippen LogP contribution < -0.4 is 10.6 Å². The first kappa shape index (κ1) is 19.0. The monoisotopic (exact) mass is 372 g/mol. The van der Waals surface area contributed by atoms with E-state index in [2.05, 4.69) is 10.6 Å². The van der Waals surface area contributed by atoms with Crippen molar-refractivity contribution < 1.29 is 9.59 Å². The van der Waals surface area contributed by atoms with Gasteiger partial charge in [-0.25, -0.2) is 0 Å². The molecule has 0 spiro atoms. The van der Waals surface area contributed by atoms with Gasteiger partial charge >= 0.3 is 0 Å². The van der Waals surface area contributed by atoms with Crippen LogP contribution in [0, 0.1) is 0 Å². The van der Waals surface area contributed by atoms with Crippen LogP contribution in [-0.4, -0.2) is 67.9 Å². The number of carbonyl (C=O) groups excluding carboxylic acids is 2. The summed E-state index contributed by atoms with van der Waals surface area (Å²) >= 11 is 11.9. The van der Waals surface area contributed by atoms with E-state index in [1.54, 1.807) is 18.2 Å². The third-order valence-corrected chi connectivity index (χ3v) is 4.36. The Labute approximate surface area is 152 Å². The molecule has 1 saturated heterocycles. The lowest BCUT2D eigenvalue weighted by Gasteiger charge is -2.29. The fourth-order valence-corrected chi connectivity index (χ4v) is 2.76. The first-order valence-electron chi connectivity index (χ1n) is 7.87. The van der Waals surface area contributed by atoms with Crippen molar-refractivity contribution in [2.75, 3.05) is 51.6 Å². The number of nitrogens with zero attached hydrogens (tertiary/aromatic N) is 2. The molecule has 0 atom stereocenters. The molecule has 24 heavy (non-hydrogen) atoms. The van der Waals surface area contributed by atoms with Crippen LogP contribution >= 0.6 is 23.2 Å². The van der Waals surface area contributed by atoms with Crippen molar-refractivity contribution in [3.63, 3.8) is 0 Å². The normalized spacial score (nSPS) is 14.8. The van der Waals surface area contributed by atoms with Gasteiger partial charge in [0.25, 0.3) is 0 Å². The molecule has 1 fully saturated rings. The number of hydrogen-bond donors (Lipinski definition) is 2. The molecule has 0 radical (unpaired) electrons. The number of benzene rings is 1. The predicted molar refractivity (Wildman–Crippen MR) is 96.7 cm³/mol. The Bertz CT molecular complexity index is 591. The summed E-state index contributed by atoms with van der Waals surface area (Å²) < 4.78 is 0. The lowest BCUT2D eigenvalue weighted by molar-refractivity contribution is -0.133. The number of likely N-dealkylation sites (N-methyl/N-ethyl adjacent to an activating group) is 1. The first-order chi connectivity index (χ1) is 11.5. The van der Waals surface area contributed by atoms with Crippen LogP contribution in [0.15, 0.2) is 18.2 Å². The Hall–Kier alpha value is -1.34. The zero-order valence-electron chi connectivity index (χ0n) is 13.6. The van der Waals surface area contributed by atoms with E-state index in [0.29, 0.717) is 28.8 Å². The highest BCUT2D eigenvalue weighted by atomic mass is 35.5. The van der Waals surface area contributed by atoms with E-state index >= 15 is 0 Å². The molecule has 1 aliphatic heterocycles. The van der Waals surface area contributed by atoms with Gasteiger partial charge in [-0.15, -0.1) is 0 Å². The van der Waals surface area contributed by atoms with Crippen molar-refractivity contribution >= 4 is 40.7 Å². The summed E-state index contributed by atoms with van der Waals surface area (Å²) in [7, 11) is 1.83. The van der Waals surface area contributed by atoms with Crippen molar-refractivity contribution in [2.45, 2.75) is 6.42 Å². The molecule has 1 aromatic carbocycles. The molecule has 1 heterocycles. The fourth-order valence-electron chi connectivity index (χ4n) is 2.42. The molecule has 2 amide bonds. The van der Waals surface area contributed by atoms with Crippen molar-refractivity contribution in [2.24, 2.45) is 0 Å². The molecule has 0 bridgehead atoms. The molecule has 0 saturated carbocycles. The number of hydrogen-bond acceptors (Lipinski definition) is 4. The maximum absolute atomic E-state index is 12.2. The number of carbonyl (C=O) groups is 2. The van der Waals surface area contributed by atoms with E-state index in [4.69, 9.17) is 23.2 Å². The third kappa shape index (κ3) is 5.94. The smallest absolute Gasteiger partial charge is 0.236 e. The Kier molecular flexibility index (Phi) is 7.30.